The first-order valence-electron chi connectivity index (χ1n) is 6.40. The summed E-state index contributed by atoms with van der Waals surface area (Å²) >= 11 is 15.0. The van der Waals surface area contributed by atoms with Crippen molar-refractivity contribution < 1.29 is 4.42 Å². The number of halogens is 2. The van der Waals surface area contributed by atoms with Crippen LogP contribution >= 0.6 is 46.7 Å². The topological polar surface area (TPSA) is 26.0 Å². The van der Waals surface area contributed by atoms with Crippen LogP contribution in [0, 0.1) is 0 Å². The molecule has 0 aliphatic rings. The predicted molar refractivity (Wildman–Crippen MR) is 94.3 cm³/mol. The Balaban J connectivity index is 1.93. The minimum Gasteiger partial charge on any atom is -0.420 e. The van der Waals surface area contributed by atoms with Gasteiger partial charge in [0.25, 0.3) is 5.35 Å². The Kier molecular flexibility index (Phi) is 5.03. The van der Waals surface area contributed by atoms with E-state index < -0.39 is 0 Å². The van der Waals surface area contributed by atoms with Crippen molar-refractivity contribution in [3.63, 3.8) is 0 Å². The molecule has 0 spiro atoms. The summed E-state index contributed by atoms with van der Waals surface area (Å²) < 4.78 is 5.54. The van der Waals surface area contributed by atoms with Gasteiger partial charge < -0.3 is 4.42 Å². The number of hydrogen-bond donors (Lipinski definition) is 0. The van der Waals surface area contributed by atoms with E-state index in [0.29, 0.717) is 10.1 Å². The summed E-state index contributed by atoms with van der Waals surface area (Å²) in [5, 5.41) is 1.51. The SMILES string of the molecule is CSc1ccc(-c2nc(Cl)oc2Sc2ccc(Cl)cc2)cc1. The van der Waals surface area contributed by atoms with Crippen molar-refractivity contribution in [3.05, 3.63) is 58.9 Å². The molecule has 0 unspecified atom stereocenters. The highest BCUT2D eigenvalue weighted by Crippen LogP contribution is 2.38. The van der Waals surface area contributed by atoms with Crippen LogP contribution in [0.2, 0.25) is 10.4 Å². The molecule has 0 aliphatic heterocycles. The summed E-state index contributed by atoms with van der Waals surface area (Å²) in [4.78, 5) is 6.51. The van der Waals surface area contributed by atoms with Gasteiger partial charge in [0.1, 0.15) is 5.69 Å². The summed E-state index contributed by atoms with van der Waals surface area (Å²) in [6.07, 6.45) is 2.05. The molecular formula is C16H11Cl2NOS2. The molecule has 6 heteroatoms. The third-order valence-corrected chi connectivity index (χ3v) is 5.08. The lowest BCUT2D eigenvalue weighted by atomic mass is 10.2. The van der Waals surface area contributed by atoms with Gasteiger partial charge in [-0.3, -0.25) is 0 Å². The molecule has 0 radical (unpaired) electrons. The van der Waals surface area contributed by atoms with Gasteiger partial charge in [0.05, 0.1) is 0 Å². The van der Waals surface area contributed by atoms with Crippen molar-refractivity contribution in [1.82, 2.24) is 4.98 Å². The maximum atomic E-state index is 5.95. The molecule has 1 heterocycles. The monoisotopic (exact) mass is 367 g/mol. The zero-order valence-corrected chi connectivity index (χ0v) is 14.7. The first kappa shape index (κ1) is 15.8. The minimum absolute atomic E-state index is 0.139. The maximum absolute atomic E-state index is 5.95. The van der Waals surface area contributed by atoms with Gasteiger partial charge in [-0.1, -0.05) is 23.7 Å². The van der Waals surface area contributed by atoms with Gasteiger partial charge in [0, 0.05) is 20.4 Å². The molecule has 0 saturated heterocycles. The summed E-state index contributed by atoms with van der Waals surface area (Å²) in [6, 6.07) is 15.7. The molecule has 0 aliphatic carbocycles. The Morgan fingerprint density at radius 2 is 1.55 bits per heavy atom. The molecule has 0 amide bonds. The lowest BCUT2D eigenvalue weighted by molar-refractivity contribution is 0.473. The number of hydrogen-bond acceptors (Lipinski definition) is 4. The van der Waals surface area contributed by atoms with E-state index in [1.54, 1.807) is 11.8 Å². The molecule has 3 rings (SSSR count). The Hall–Kier alpha value is -1.07. The molecular weight excluding hydrogens is 357 g/mol. The van der Waals surface area contributed by atoms with E-state index in [1.807, 2.05) is 42.7 Å². The summed E-state index contributed by atoms with van der Waals surface area (Å²) in [5.41, 5.74) is 1.72. The van der Waals surface area contributed by atoms with Crippen molar-refractivity contribution in [2.45, 2.75) is 14.9 Å². The second kappa shape index (κ2) is 7.01. The molecule has 0 saturated carbocycles. The smallest absolute Gasteiger partial charge is 0.293 e. The number of rotatable bonds is 4. The largest absolute Gasteiger partial charge is 0.420 e. The number of benzene rings is 2. The lowest BCUT2D eigenvalue weighted by Crippen LogP contribution is -1.81. The molecule has 22 heavy (non-hydrogen) atoms. The van der Waals surface area contributed by atoms with Crippen LogP contribution < -0.4 is 0 Å². The van der Waals surface area contributed by atoms with E-state index in [1.165, 1.54) is 16.7 Å². The van der Waals surface area contributed by atoms with Gasteiger partial charge in [0.2, 0.25) is 0 Å². The number of nitrogens with zero attached hydrogens (tertiary/aromatic N) is 1. The Labute approximate surface area is 147 Å². The third kappa shape index (κ3) is 3.63. The number of aromatic nitrogens is 1. The number of thioether (sulfide) groups is 1. The Morgan fingerprint density at radius 3 is 2.18 bits per heavy atom. The van der Waals surface area contributed by atoms with Crippen molar-refractivity contribution in [2.24, 2.45) is 0 Å². The van der Waals surface area contributed by atoms with Gasteiger partial charge in [-0.2, -0.15) is 4.98 Å². The first-order chi connectivity index (χ1) is 10.7. The first-order valence-corrected chi connectivity index (χ1v) is 9.19. The predicted octanol–water partition coefficient (Wildman–Crippen LogP) is 6.52. The van der Waals surface area contributed by atoms with Crippen LogP contribution in [0.4, 0.5) is 0 Å². The summed E-state index contributed by atoms with van der Waals surface area (Å²) in [6.45, 7) is 0. The third-order valence-electron chi connectivity index (χ3n) is 2.96. The summed E-state index contributed by atoms with van der Waals surface area (Å²) in [7, 11) is 0. The van der Waals surface area contributed by atoms with Gasteiger partial charge in [-0.25, -0.2) is 0 Å². The van der Waals surface area contributed by atoms with Crippen LogP contribution in [-0.4, -0.2) is 11.2 Å². The van der Waals surface area contributed by atoms with E-state index >= 15 is 0 Å². The maximum Gasteiger partial charge on any atom is 0.293 e. The van der Waals surface area contributed by atoms with Crippen molar-refractivity contribution >= 4 is 46.7 Å². The molecule has 2 nitrogen and oxygen atoms in total. The van der Waals surface area contributed by atoms with E-state index in [9.17, 15) is 0 Å². The van der Waals surface area contributed by atoms with Gasteiger partial charge in [-0.05, 0) is 66.0 Å². The number of oxazole rings is 1. The van der Waals surface area contributed by atoms with E-state index in [4.69, 9.17) is 27.6 Å². The average molecular weight is 368 g/mol. The highest BCUT2D eigenvalue weighted by Gasteiger charge is 2.15. The standard InChI is InChI=1S/C16H11Cl2NOS2/c1-21-12-6-2-10(3-7-12)14-15(20-16(18)19-14)22-13-8-4-11(17)5-9-13/h2-9H,1H3. The van der Waals surface area contributed by atoms with Gasteiger partial charge >= 0.3 is 0 Å². The fourth-order valence-corrected chi connectivity index (χ4v) is 3.50. The molecule has 112 valence electrons. The molecule has 3 aromatic rings. The normalized spacial score (nSPS) is 10.9. The van der Waals surface area contributed by atoms with Crippen LogP contribution in [-0.2, 0) is 0 Å². The molecule has 0 fully saturated rings. The fourth-order valence-electron chi connectivity index (χ4n) is 1.89. The van der Waals surface area contributed by atoms with E-state index in [-0.39, 0.29) is 5.35 Å². The molecule has 1 aromatic heterocycles. The average Bonchev–Trinajstić information content (AvgIpc) is 2.90. The zero-order chi connectivity index (χ0) is 15.5. The van der Waals surface area contributed by atoms with E-state index in [2.05, 4.69) is 17.1 Å². The van der Waals surface area contributed by atoms with Gasteiger partial charge in [0.15, 0.2) is 5.09 Å². The quantitative estimate of drug-likeness (QED) is 0.490. The van der Waals surface area contributed by atoms with E-state index in [0.717, 1.165) is 16.2 Å². The molecule has 0 N–H and O–H groups in total. The summed E-state index contributed by atoms with van der Waals surface area (Å²) in [5.74, 6) is 0. The van der Waals surface area contributed by atoms with Crippen molar-refractivity contribution in [3.8, 4) is 11.3 Å². The molecule has 2 aromatic carbocycles. The van der Waals surface area contributed by atoms with Crippen molar-refractivity contribution in [2.75, 3.05) is 6.26 Å². The zero-order valence-electron chi connectivity index (χ0n) is 11.5. The van der Waals surface area contributed by atoms with Crippen molar-refractivity contribution in [1.29, 1.82) is 0 Å². The van der Waals surface area contributed by atoms with Crippen LogP contribution in [0.25, 0.3) is 11.3 Å². The highest BCUT2D eigenvalue weighted by molar-refractivity contribution is 7.99. The lowest BCUT2D eigenvalue weighted by Gasteiger charge is -2.03. The second-order valence-electron chi connectivity index (χ2n) is 4.39. The van der Waals surface area contributed by atoms with Gasteiger partial charge in [-0.15, -0.1) is 11.8 Å². The highest BCUT2D eigenvalue weighted by atomic mass is 35.5. The molecule has 0 atom stereocenters. The second-order valence-corrected chi connectivity index (χ2v) is 7.07. The van der Waals surface area contributed by atoms with Crippen LogP contribution in [0.3, 0.4) is 0 Å². The minimum atomic E-state index is 0.139. The molecule has 0 bridgehead atoms. The van der Waals surface area contributed by atoms with Crippen LogP contribution in [0.5, 0.6) is 0 Å². The van der Waals surface area contributed by atoms with Crippen LogP contribution in [0.1, 0.15) is 0 Å². The fraction of sp³-hybridized carbons (Fsp3) is 0.0625. The Bertz CT molecular complexity index is 770. The Morgan fingerprint density at radius 1 is 0.909 bits per heavy atom. The van der Waals surface area contributed by atoms with Crippen LogP contribution in [0.15, 0.2) is 67.8 Å².